The van der Waals surface area contributed by atoms with Gasteiger partial charge in [-0.3, -0.25) is 4.79 Å². The molecule has 3 N–H and O–H groups in total. The van der Waals surface area contributed by atoms with E-state index in [1.165, 1.54) is 12.4 Å². The summed E-state index contributed by atoms with van der Waals surface area (Å²) >= 11 is 0. The van der Waals surface area contributed by atoms with E-state index in [4.69, 9.17) is 5.73 Å². The van der Waals surface area contributed by atoms with Gasteiger partial charge >= 0.3 is 0 Å². The van der Waals surface area contributed by atoms with Gasteiger partial charge in [-0.15, -0.1) is 0 Å². The van der Waals surface area contributed by atoms with Crippen LogP contribution < -0.4 is 11.1 Å². The Labute approximate surface area is 145 Å². The van der Waals surface area contributed by atoms with Crippen LogP contribution in [0.2, 0.25) is 0 Å². The number of rotatable bonds is 4. The first kappa shape index (κ1) is 16.6. The fourth-order valence-corrected chi connectivity index (χ4v) is 2.67. The van der Waals surface area contributed by atoms with Crippen LogP contribution in [0, 0.1) is 13.8 Å². The van der Waals surface area contributed by atoms with Crippen molar-refractivity contribution in [2.24, 2.45) is 0 Å². The lowest BCUT2D eigenvalue weighted by molar-refractivity contribution is 0.0935. The molecule has 3 rings (SSSR count). The van der Waals surface area contributed by atoms with E-state index in [0.29, 0.717) is 0 Å². The predicted molar refractivity (Wildman–Crippen MR) is 95.4 cm³/mol. The van der Waals surface area contributed by atoms with Crippen molar-refractivity contribution < 1.29 is 4.79 Å². The largest absolute Gasteiger partial charge is 0.382 e. The van der Waals surface area contributed by atoms with Gasteiger partial charge < -0.3 is 11.1 Å². The molecule has 0 fully saturated rings. The second kappa shape index (κ2) is 6.72. The van der Waals surface area contributed by atoms with Crippen molar-refractivity contribution in [2.75, 3.05) is 5.73 Å². The third-order valence-electron chi connectivity index (χ3n) is 3.94. The van der Waals surface area contributed by atoms with Gasteiger partial charge in [-0.1, -0.05) is 12.1 Å². The molecule has 0 saturated heterocycles. The summed E-state index contributed by atoms with van der Waals surface area (Å²) in [5, 5.41) is 7.35. The van der Waals surface area contributed by atoms with Crippen LogP contribution in [0.4, 0.5) is 5.82 Å². The molecule has 0 aliphatic heterocycles. The highest BCUT2D eigenvalue weighted by Crippen LogP contribution is 2.18. The molecule has 0 bridgehead atoms. The smallest absolute Gasteiger partial charge is 0.274 e. The van der Waals surface area contributed by atoms with Crippen molar-refractivity contribution >= 4 is 11.7 Å². The first-order valence-corrected chi connectivity index (χ1v) is 7.96. The lowest BCUT2D eigenvalue weighted by Crippen LogP contribution is -2.28. The Balaban J connectivity index is 1.75. The summed E-state index contributed by atoms with van der Waals surface area (Å²) in [6, 6.07) is 9.74. The maximum absolute atomic E-state index is 12.3. The number of carbonyl (C=O) groups is 1. The monoisotopic (exact) mass is 336 g/mol. The second-order valence-electron chi connectivity index (χ2n) is 5.92. The molecule has 128 valence electrons. The number of nitrogens with two attached hydrogens (primary N) is 1. The minimum atomic E-state index is -0.347. The predicted octanol–water partition coefficient (Wildman–Crippen LogP) is 2.35. The summed E-state index contributed by atoms with van der Waals surface area (Å²) in [4.78, 5) is 20.1. The highest BCUT2D eigenvalue weighted by Gasteiger charge is 2.16. The summed E-state index contributed by atoms with van der Waals surface area (Å²) < 4.78 is 1.89. The number of aryl methyl sites for hydroxylation is 2. The van der Waals surface area contributed by atoms with Crippen LogP contribution in [0.25, 0.3) is 5.69 Å². The molecular formula is C18H20N6O. The van der Waals surface area contributed by atoms with E-state index >= 15 is 0 Å². The summed E-state index contributed by atoms with van der Waals surface area (Å²) in [6.07, 6.45) is 2.90. The van der Waals surface area contributed by atoms with Gasteiger partial charge in [0.05, 0.1) is 17.4 Å². The van der Waals surface area contributed by atoms with Crippen LogP contribution in [0.5, 0.6) is 0 Å². The first-order chi connectivity index (χ1) is 12.0. The number of aromatic nitrogens is 4. The third-order valence-corrected chi connectivity index (χ3v) is 3.94. The number of anilines is 1. The number of nitrogens with zero attached hydrogens (tertiary/aromatic N) is 4. The molecule has 0 radical (unpaired) electrons. The van der Waals surface area contributed by atoms with Gasteiger partial charge in [-0.2, -0.15) is 5.10 Å². The Morgan fingerprint density at radius 2 is 1.84 bits per heavy atom. The zero-order valence-electron chi connectivity index (χ0n) is 14.4. The zero-order chi connectivity index (χ0) is 18.0. The van der Waals surface area contributed by atoms with E-state index in [9.17, 15) is 4.79 Å². The van der Waals surface area contributed by atoms with E-state index in [1.54, 1.807) is 0 Å². The highest BCUT2D eigenvalue weighted by atomic mass is 16.2. The number of benzene rings is 1. The lowest BCUT2D eigenvalue weighted by atomic mass is 10.1. The number of carbonyl (C=O) groups excluding carboxylic acids is 1. The van der Waals surface area contributed by atoms with Crippen molar-refractivity contribution in [3.05, 3.63) is 65.4 Å². The fraction of sp³-hybridized carbons (Fsp3) is 0.222. The highest BCUT2D eigenvalue weighted by molar-refractivity contribution is 5.96. The van der Waals surface area contributed by atoms with Crippen LogP contribution in [-0.2, 0) is 0 Å². The fourth-order valence-electron chi connectivity index (χ4n) is 2.67. The van der Waals surface area contributed by atoms with E-state index in [1.807, 2.05) is 55.8 Å². The van der Waals surface area contributed by atoms with Crippen molar-refractivity contribution in [1.82, 2.24) is 25.1 Å². The van der Waals surface area contributed by atoms with Gasteiger partial charge in [-0.25, -0.2) is 14.6 Å². The molecular weight excluding hydrogens is 316 g/mol. The molecule has 0 aliphatic rings. The first-order valence-electron chi connectivity index (χ1n) is 7.96. The lowest BCUT2D eigenvalue weighted by Gasteiger charge is -2.15. The standard InChI is InChI=1S/C18H20N6O/c1-11-10-12(2)24(23-11)15-6-4-14(5-7-15)13(3)22-18(25)16-17(19)21-9-8-20-16/h4-10,13H,1-3H3,(H2,19,21)(H,22,25). The Bertz CT molecular complexity index is 900. The number of nitrogen functional groups attached to an aromatic ring is 1. The molecule has 0 spiro atoms. The molecule has 1 atom stereocenters. The van der Waals surface area contributed by atoms with E-state index in [-0.39, 0.29) is 23.5 Å². The van der Waals surface area contributed by atoms with Gasteiger partial charge in [0.1, 0.15) is 0 Å². The van der Waals surface area contributed by atoms with Crippen LogP contribution >= 0.6 is 0 Å². The zero-order valence-corrected chi connectivity index (χ0v) is 14.4. The Kier molecular flexibility index (Phi) is 4.47. The second-order valence-corrected chi connectivity index (χ2v) is 5.92. The van der Waals surface area contributed by atoms with Gasteiger partial charge in [-0.05, 0) is 44.5 Å². The molecule has 25 heavy (non-hydrogen) atoms. The van der Waals surface area contributed by atoms with Crippen molar-refractivity contribution in [3.63, 3.8) is 0 Å². The molecule has 0 aliphatic carbocycles. The average Bonchev–Trinajstić information content (AvgIpc) is 2.93. The SMILES string of the molecule is Cc1cc(C)n(-c2ccc(C(C)NC(=O)c3nccnc3N)cc2)n1. The Morgan fingerprint density at radius 1 is 1.16 bits per heavy atom. The van der Waals surface area contributed by atoms with Crippen LogP contribution in [0.3, 0.4) is 0 Å². The third kappa shape index (κ3) is 3.50. The molecule has 0 saturated carbocycles. The van der Waals surface area contributed by atoms with E-state index < -0.39 is 0 Å². The van der Waals surface area contributed by atoms with Gasteiger partial charge in [0.15, 0.2) is 11.5 Å². The summed E-state index contributed by atoms with van der Waals surface area (Å²) in [5.41, 5.74) is 9.83. The molecule has 3 aromatic rings. The molecule has 7 nitrogen and oxygen atoms in total. The maximum atomic E-state index is 12.3. The van der Waals surface area contributed by atoms with E-state index in [0.717, 1.165) is 22.6 Å². The topological polar surface area (TPSA) is 98.7 Å². The quantitative estimate of drug-likeness (QED) is 0.762. The molecule has 1 amide bonds. The van der Waals surface area contributed by atoms with Gasteiger partial charge in [0.25, 0.3) is 5.91 Å². The van der Waals surface area contributed by atoms with Crippen LogP contribution in [0.15, 0.2) is 42.7 Å². The maximum Gasteiger partial charge on any atom is 0.274 e. The number of hydrogen-bond acceptors (Lipinski definition) is 5. The normalized spacial score (nSPS) is 12.0. The molecule has 1 unspecified atom stereocenters. The van der Waals surface area contributed by atoms with Crippen molar-refractivity contribution in [2.45, 2.75) is 26.8 Å². The van der Waals surface area contributed by atoms with Crippen molar-refractivity contribution in [1.29, 1.82) is 0 Å². The molecule has 1 aromatic carbocycles. The minimum absolute atomic E-state index is 0.118. The number of nitrogens with one attached hydrogen (secondary N) is 1. The van der Waals surface area contributed by atoms with E-state index in [2.05, 4.69) is 20.4 Å². The molecule has 2 heterocycles. The van der Waals surface area contributed by atoms with Gasteiger partial charge in [0, 0.05) is 18.1 Å². The average molecular weight is 336 g/mol. The Morgan fingerprint density at radius 3 is 2.44 bits per heavy atom. The summed E-state index contributed by atoms with van der Waals surface area (Å²) in [7, 11) is 0. The molecule has 2 aromatic heterocycles. The summed E-state index contributed by atoms with van der Waals surface area (Å²) in [6.45, 7) is 5.89. The number of hydrogen-bond donors (Lipinski definition) is 2. The minimum Gasteiger partial charge on any atom is -0.382 e. The van der Waals surface area contributed by atoms with Gasteiger partial charge in [0.2, 0.25) is 0 Å². The summed E-state index contributed by atoms with van der Waals surface area (Å²) in [5.74, 6) is -0.229. The Hall–Kier alpha value is -3.22. The van der Waals surface area contributed by atoms with Crippen LogP contribution in [-0.4, -0.2) is 25.7 Å². The molecule has 7 heteroatoms. The van der Waals surface area contributed by atoms with Crippen LogP contribution in [0.1, 0.15) is 40.4 Å². The number of amides is 1. The van der Waals surface area contributed by atoms with Crippen molar-refractivity contribution in [3.8, 4) is 5.69 Å².